The Hall–Kier alpha value is -2.53. The molecule has 1 unspecified atom stereocenters. The second-order valence-corrected chi connectivity index (χ2v) is 9.64. The molecule has 0 aliphatic carbocycles. The van der Waals surface area contributed by atoms with Gasteiger partial charge in [0.05, 0.1) is 7.11 Å². The smallest absolute Gasteiger partial charge is 0.223 e. The Morgan fingerprint density at radius 2 is 1.75 bits per heavy atom. The molecule has 2 fully saturated rings. The van der Waals surface area contributed by atoms with Crippen molar-refractivity contribution in [1.29, 1.82) is 0 Å². The number of benzene rings is 2. The minimum Gasteiger partial charge on any atom is -0.497 e. The van der Waals surface area contributed by atoms with Crippen LogP contribution in [0.3, 0.4) is 0 Å². The molecule has 2 aromatic rings. The normalized spacial score (nSPS) is 22.4. The summed E-state index contributed by atoms with van der Waals surface area (Å²) in [6.45, 7) is 4.83. The number of rotatable bonds is 5. The highest BCUT2D eigenvalue weighted by Gasteiger charge is 2.43. The van der Waals surface area contributed by atoms with Crippen molar-refractivity contribution in [2.45, 2.75) is 56.6 Å². The van der Waals surface area contributed by atoms with E-state index in [9.17, 15) is 4.79 Å². The van der Waals surface area contributed by atoms with Gasteiger partial charge in [-0.3, -0.25) is 9.69 Å². The number of likely N-dealkylation sites (tertiary alicyclic amines) is 2. The molecule has 0 radical (unpaired) electrons. The van der Waals surface area contributed by atoms with Crippen LogP contribution in [-0.2, 0) is 11.3 Å². The lowest BCUT2D eigenvalue weighted by atomic mass is 9.76. The number of ether oxygens (including phenoxy) is 2. The monoisotopic (exact) mass is 434 g/mol. The molecule has 1 amide bonds. The van der Waals surface area contributed by atoms with Crippen LogP contribution in [-0.4, -0.2) is 54.6 Å². The number of para-hydroxylation sites is 1. The summed E-state index contributed by atoms with van der Waals surface area (Å²) in [5.41, 5.74) is 2.37. The summed E-state index contributed by atoms with van der Waals surface area (Å²) in [6.07, 6.45) is 5.85. The third-order valence-corrected chi connectivity index (χ3v) is 7.52. The number of piperidine rings is 1. The summed E-state index contributed by atoms with van der Waals surface area (Å²) >= 11 is 0. The predicted octanol–water partition coefficient (Wildman–Crippen LogP) is 4.61. The van der Waals surface area contributed by atoms with Gasteiger partial charge in [-0.1, -0.05) is 30.3 Å². The zero-order chi connectivity index (χ0) is 22.0. The molecular weight excluding hydrogens is 400 g/mol. The van der Waals surface area contributed by atoms with E-state index in [-0.39, 0.29) is 11.5 Å². The molecule has 2 aromatic carbocycles. The van der Waals surface area contributed by atoms with E-state index in [1.165, 1.54) is 11.1 Å². The summed E-state index contributed by atoms with van der Waals surface area (Å²) in [5.74, 6) is 2.45. The highest BCUT2D eigenvalue weighted by atomic mass is 16.5. The maximum atomic E-state index is 13.0. The number of hydrogen-bond donors (Lipinski definition) is 0. The van der Waals surface area contributed by atoms with E-state index in [4.69, 9.17) is 9.47 Å². The van der Waals surface area contributed by atoms with Crippen molar-refractivity contribution >= 4 is 5.91 Å². The van der Waals surface area contributed by atoms with Gasteiger partial charge < -0.3 is 14.4 Å². The quantitative estimate of drug-likeness (QED) is 0.689. The van der Waals surface area contributed by atoms with Crippen LogP contribution < -0.4 is 9.47 Å². The third kappa shape index (κ3) is 4.49. The van der Waals surface area contributed by atoms with E-state index in [1.54, 1.807) is 7.11 Å². The summed E-state index contributed by atoms with van der Waals surface area (Å²) in [5, 5.41) is 0. The molecule has 1 atom stereocenters. The van der Waals surface area contributed by atoms with Gasteiger partial charge in [-0.15, -0.1) is 0 Å². The molecule has 0 bridgehead atoms. The van der Waals surface area contributed by atoms with Crippen molar-refractivity contribution in [3.8, 4) is 11.5 Å². The zero-order valence-corrected chi connectivity index (χ0v) is 19.1. The van der Waals surface area contributed by atoms with E-state index < -0.39 is 0 Å². The van der Waals surface area contributed by atoms with Gasteiger partial charge in [-0.25, -0.2) is 0 Å². The first-order valence-electron chi connectivity index (χ1n) is 12.1. The molecule has 0 aromatic heterocycles. The highest BCUT2D eigenvalue weighted by Crippen LogP contribution is 2.46. The first-order valence-corrected chi connectivity index (χ1v) is 12.1. The number of hydrogen-bond acceptors (Lipinski definition) is 4. The fourth-order valence-electron chi connectivity index (χ4n) is 5.65. The van der Waals surface area contributed by atoms with Crippen LogP contribution in [0, 0.1) is 0 Å². The fourth-order valence-corrected chi connectivity index (χ4v) is 5.65. The molecule has 3 aliphatic rings. The number of nitrogens with zero attached hydrogens (tertiary/aromatic N) is 2. The van der Waals surface area contributed by atoms with Crippen molar-refractivity contribution in [3.63, 3.8) is 0 Å². The maximum absolute atomic E-state index is 13.0. The second kappa shape index (κ2) is 9.14. The average molecular weight is 435 g/mol. The largest absolute Gasteiger partial charge is 0.497 e. The maximum Gasteiger partial charge on any atom is 0.223 e. The van der Waals surface area contributed by atoms with Crippen molar-refractivity contribution < 1.29 is 14.3 Å². The first kappa shape index (κ1) is 21.3. The van der Waals surface area contributed by atoms with Crippen LogP contribution in [0.2, 0.25) is 0 Å². The Morgan fingerprint density at radius 3 is 2.47 bits per heavy atom. The number of amides is 1. The number of carbonyl (C=O) groups is 1. The summed E-state index contributed by atoms with van der Waals surface area (Å²) in [7, 11) is 1.70. The summed E-state index contributed by atoms with van der Waals surface area (Å²) in [4.78, 5) is 17.5. The van der Waals surface area contributed by atoms with Gasteiger partial charge in [0.25, 0.3) is 0 Å². The van der Waals surface area contributed by atoms with Crippen LogP contribution >= 0.6 is 0 Å². The lowest BCUT2D eigenvalue weighted by Gasteiger charge is -2.47. The molecule has 5 nitrogen and oxygen atoms in total. The molecule has 0 saturated carbocycles. The second-order valence-electron chi connectivity index (χ2n) is 9.64. The summed E-state index contributed by atoms with van der Waals surface area (Å²) < 4.78 is 11.9. The van der Waals surface area contributed by atoms with Gasteiger partial charge >= 0.3 is 0 Å². The number of carbonyl (C=O) groups excluding carboxylic acids is 1. The molecule has 32 heavy (non-hydrogen) atoms. The number of fused-ring (bicyclic) bond motifs is 1. The van der Waals surface area contributed by atoms with Crippen molar-refractivity contribution in [2.75, 3.05) is 33.3 Å². The Labute approximate surface area is 191 Å². The van der Waals surface area contributed by atoms with Crippen LogP contribution in [0.25, 0.3) is 0 Å². The Balaban J connectivity index is 1.26. The minimum absolute atomic E-state index is 0.152. The average Bonchev–Trinajstić information content (AvgIpc) is 3.37. The molecule has 170 valence electrons. The van der Waals surface area contributed by atoms with E-state index >= 15 is 0 Å². The molecular formula is C27H34N2O3. The van der Waals surface area contributed by atoms with Crippen molar-refractivity contribution in [1.82, 2.24) is 9.80 Å². The van der Waals surface area contributed by atoms with E-state index in [0.29, 0.717) is 12.3 Å². The summed E-state index contributed by atoms with van der Waals surface area (Å²) in [6, 6.07) is 16.7. The molecule has 3 aliphatic heterocycles. The fraction of sp³-hybridized carbons (Fsp3) is 0.519. The standard InChI is InChI=1S/C27H34N2O3/c1-31-23-10-8-21(9-11-23)20-28-16-12-27(13-17-28)19-22(18-26(30)29-14-4-5-15-29)24-6-2-3-7-25(24)32-27/h2-3,6-11,22H,4-5,12-20H2,1H3. The minimum atomic E-state index is -0.152. The van der Waals surface area contributed by atoms with Gasteiger partial charge in [-0.05, 0) is 61.4 Å². The molecule has 5 heteroatoms. The van der Waals surface area contributed by atoms with Gasteiger partial charge in [0.2, 0.25) is 5.91 Å². The molecule has 3 heterocycles. The Bertz CT molecular complexity index is 928. The highest BCUT2D eigenvalue weighted by molar-refractivity contribution is 5.77. The van der Waals surface area contributed by atoms with Crippen LogP contribution in [0.1, 0.15) is 55.6 Å². The third-order valence-electron chi connectivity index (χ3n) is 7.52. The predicted molar refractivity (Wildman–Crippen MR) is 125 cm³/mol. The van der Waals surface area contributed by atoms with Gasteiger partial charge in [0.1, 0.15) is 17.1 Å². The number of methoxy groups -OCH3 is 1. The zero-order valence-electron chi connectivity index (χ0n) is 19.1. The van der Waals surface area contributed by atoms with E-state index in [2.05, 4.69) is 46.2 Å². The van der Waals surface area contributed by atoms with Crippen LogP contribution in [0.5, 0.6) is 11.5 Å². The lowest BCUT2D eigenvalue weighted by molar-refractivity contribution is -0.131. The molecule has 5 rings (SSSR count). The lowest BCUT2D eigenvalue weighted by Crippen LogP contribution is -2.50. The van der Waals surface area contributed by atoms with E-state index in [1.807, 2.05) is 12.1 Å². The molecule has 2 saturated heterocycles. The van der Waals surface area contributed by atoms with Crippen molar-refractivity contribution in [2.24, 2.45) is 0 Å². The van der Waals surface area contributed by atoms with E-state index in [0.717, 1.165) is 76.3 Å². The van der Waals surface area contributed by atoms with Gasteiger partial charge in [-0.2, -0.15) is 0 Å². The van der Waals surface area contributed by atoms with Crippen LogP contribution in [0.4, 0.5) is 0 Å². The van der Waals surface area contributed by atoms with Crippen molar-refractivity contribution in [3.05, 3.63) is 59.7 Å². The first-order chi connectivity index (χ1) is 15.6. The Morgan fingerprint density at radius 1 is 1.03 bits per heavy atom. The topological polar surface area (TPSA) is 42.0 Å². The molecule has 0 N–H and O–H groups in total. The Kier molecular flexibility index (Phi) is 6.09. The van der Waals surface area contributed by atoms with Crippen LogP contribution in [0.15, 0.2) is 48.5 Å². The van der Waals surface area contributed by atoms with Gasteiger partial charge in [0, 0.05) is 45.1 Å². The molecule has 1 spiro atoms. The SMILES string of the molecule is COc1ccc(CN2CCC3(CC2)CC(CC(=O)N2CCCC2)c2ccccc2O3)cc1. The van der Waals surface area contributed by atoms with Gasteiger partial charge in [0.15, 0.2) is 0 Å².